The Bertz CT molecular complexity index is 135. The van der Waals surface area contributed by atoms with E-state index in [1.165, 1.54) is 51.4 Å². The van der Waals surface area contributed by atoms with Gasteiger partial charge in [0.1, 0.15) is 0 Å². The first-order chi connectivity index (χ1) is 9.41. The summed E-state index contributed by atoms with van der Waals surface area (Å²) in [5.74, 6) is 0. The third-order valence-corrected chi connectivity index (χ3v) is 3.03. The second-order valence-corrected chi connectivity index (χ2v) is 4.81. The number of hydrogen-bond donors (Lipinski definition) is 0. The van der Waals surface area contributed by atoms with Gasteiger partial charge in [-0.25, -0.2) is 0 Å². The van der Waals surface area contributed by atoms with Crippen LogP contribution in [0.3, 0.4) is 0 Å². The molecule has 3 heteroatoms. The van der Waals surface area contributed by atoms with E-state index in [2.05, 4.69) is 13.8 Å². The maximum atomic E-state index is 5.51. The second-order valence-electron chi connectivity index (χ2n) is 4.81. The fourth-order valence-corrected chi connectivity index (χ4v) is 1.88. The van der Waals surface area contributed by atoms with Gasteiger partial charge in [0.25, 0.3) is 0 Å². The molecule has 0 N–H and O–H groups in total. The van der Waals surface area contributed by atoms with Crippen LogP contribution < -0.4 is 0 Å². The molecule has 0 spiro atoms. The van der Waals surface area contributed by atoms with Crippen LogP contribution in [0.4, 0.5) is 0 Å². The van der Waals surface area contributed by atoms with Gasteiger partial charge in [0.15, 0.2) is 0 Å². The smallest absolute Gasteiger partial charge is 0.0701 e. The molecule has 0 unspecified atom stereocenters. The molecule has 0 aromatic carbocycles. The highest BCUT2D eigenvalue weighted by molar-refractivity contribution is 4.45. The molecule has 0 rings (SSSR count). The van der Waals surface area contributed by atoms with Crippen molar-refractivity contribution in [2.75, 3.05) is 39.6 Å². The summed E-state index contributed by atoms with van der Waals surface area (Å²) < 4.78 is 15.9. The summed E-state index contributed by atoms with van der Waals surface area (Å²) in [6, 6.07) is 0. The molecule has 0 aliphatic carbocycles. The van der Waals surface area contributed by atoms with Gasteiger partial charge in [0.05, 0.1) is 26.4 Å². The van der Waals surface area contributed by atoms with Gasteiger partial charge in [-0.05, 0) is 13.3 Å². The zero-order valence-electron chi connectivity index (χ0n) is 12.8. The average Bonchev–Trinajstić information content (AvgIpc) is 2.43. The van der Waals surface area contributed by atoms with Gasteiger partial charge in [0, 0.05) is 13.2 Å². The van der Waals surface area contributed by atoms with E-state index in [-0.39, 0.29) is 0 Å². The molecule has 0 aliphatic heterocycles. The van der Waals surface area contributed by atoms with Crippen molar-refractivity contribution in [3.63, 3.8) is 0 Å². The van der Waals surface area contributed by atoms with Crippen LogP contribution in [-0.4, -0.2) is 39.6 Å². The van der Waals surface area contributed by atoms with Crippen molar-refractivity contribution in [1.82, 2.24) is 0 Å². The zero-order chi connectivity index (χ0) is 14.0. The molecule has 0 bridgehead atoms. The van der Waals surface area contributed by atoms with E-state index >= 15 is 0 Å². The Morgan fingerprint density at radius 3 is 1.63 bits per heavy atom. The summed E-state index contributed by atoms with van der Waals surface area (Å²) in [4.78, 5) is 0. The van der Waals surface area contributed by atoms with Crippen LogP contribution >= 0.6 is 0 Å². The van der Waals surface area contributed by atoms with Gasteiger partial charge < -0.3 is 14.2 Å². The lowest BCUT2D eigenvalue weighted by Gasteiger charge is -2.06. The van der Waals surface area contributed by atoms with E-state index in [4.69, 9.17) is 14.2 Å². The molecule has 0 saturated heterocycles. The maximum absolute atomic E-state index is 5.51. The minimum atomic E-state index is 0.512. The molecule has 0 saturated carbocycles. The quantitative estimate of drug-likeness (QED) is 0.398. The summed E-state index contributed by atoms with van der Waals surface area (Å²) in [5.41, 5.74) is 0. The molecule has 0 aromatic heterocycles. The molecular formula is C16H33O3. The highest BCUT2D eigenvalue weighted by Gasteiger charge is 1.93. The highest BCUT2D eigenvalue weighted by Crippen LogP contribution is 2.08. The molecule has 0 aromatic rings. The highest BCUT2D eigenvalue weighted by atomic mass is 16.5. The molecule has 0 aliphatic rings. The van der Waals surface area contributed by atoms with Crippen molar-refractivity contribution >= 4 is 0 Å². The lowest BCUT2D eigenvalue weighted by Crippen LogP contribution is -2.09. The predicted molar refractivity (Wildman–Crippen MR) is 80.4 cm³/mol. The molecule has 115 valence electrons. The van der Waals surface area contributed by atoms with Gasteiger partial charge in [-0.15, -0.1) is 0 Å². The number of hydrogen-bond acceptors (Lipinski definition) is 3. The largest absolute Gasteiger partial charge is 0.379 e. The molecule has 19 heavy (non-hydrogen) atoms. The molecule has 0 amide bonds. The molecule has 3 nitrogen and oxygen atoms in total. The standard InChI is InChI=1S/C16H33O3/c1-3-5-6-7-8-9-10-11-12-18-15-16-19-14-13-17-4-2/h2-16H2,1H3. The molecule has 1 radical (unpaired) electrons. The van der Waals surface area contributed by atoms with E-state index in [9.17, 15) is 0 Å². The third-order valence-electron chi connectivity index (χ3n) is 3.03. The SMILES string of the molecule is [CH2]COCCOCCOCCCCCCCCCC. The van der Waals surface area contributed by atoms with Gasteiger partial charge in [-0.1, -0.05) is 51.9 Å². The first-order valence-corrected chi connectivity index (χ1v) is 7.94. The van der Waals surface area contributed by atoms with Gasteiger partial charge in [0.2, 0.25) is 0 Å². The van der Waals surface area contributed by atoms with E-state index in [0.717, 1.165) is 6.61 Å². The summed E-state index contributed by atoms with van der Waals surface area (Å²) in [5, 5.41) is 0. The van der Waals surface area contributed by atoms with Crippen molar-refractivity contribution in [3.8, 4) is 0 Å². The van der Waals surface area contributed by atoms with E-state index in [1.54, 1.807) is 0 Å². The second kappa shape index (κ2) is 17.9. The van der Waals surface area contributed by atoms with Crippen LogP contribution in [0.1, 0.15) is 58.3 Å². The predicted octanol–water partition coefficient (Wildman–Crippen LogP) is 4.01. The first-order valence-electron chi connectivity index (χ1n) is 7.94. The maximum Gasteiger partial charge on any atom is 0.0701 e. The van der Waals surface area contributed by atoms with Crippen LogP contribution in [0.5, 0.6) is 0 Å². The summed E-state index contributed by atoms with van der Waals surface area (Å²) >= 11 is 0. The average molecular weight is 273 g/mol. The Labute approximate surface area is 120 Å². The summed E-state index contributed by atoms with van der Waals surface area (Å²) in [6.45, 7) is 9.85. The fourth-order valence-electron chi connectivity index (χ4n) is 1.88. The van der Waals surface area contributed by atoms with Crippen molar-refractivity contribution in [2.45, 2.75) is 58.3 Å². The van der Waals surface area contributed by atoms with E-state index in [0.29, 0.717) is 33.0 Å². The number of unbranched alkanes of at least 4 members (excludes halogenated alkanes) is 7. The summed E-state index contributed by atoms with van der Waals surface area (Å²) in [7, 11) is 0. The molecule has 0 heterocycles. The third kappa shape index (κ3) is 17.9. The topological polar surface area (TPSA) is 27.7 Å². The van der Waals surface area contributed by atoms with E-state index < -0.39 is 0 Å². The van der Waals surface area contributed by atoms with Crippen molar-refractivity contribution in [3.05, 3.63) is 6.92 Å². The van der Waals surface area contributed by atoms with Crippen LogP contribution in [0, 0.1) is 6.92 Å². The monoisotopic (exact) mass is 273 g/mol. The molecule has 0 fully saturated rings. The van der Waals surface area contributed by atoms with Crippen LogP contribution in [0.15, 0.2) is 0 Å². The summed E-state index contributed by atoms with van der Waals surface area (Å²) in [6.07, 6.45) is 10.7. The number of ether oxygens (including phenoxy) is 3. The lowest BCUT2D eigenvalue weighted by molar-refractivity contribution is 0.0185. The minimum absolute atomic E-state index is 0.512. The van der Waals surface area contributed by atoms with Crippen LogP contribution in [-0.2, 0) is 14.2 Å². The Morgan fingerprint density at radius 1 is 0.579 bits per heavy atom. The van der Waals surface area contributed by atoms with Crippen LogP contribution in [0.2, 0.25) is 0 Å². The Hall–Kier alpha value is -0.120. The normalized spacial score (nSPS) is 11.1. The fraction of sp³-hybridized carbons (Fsp3) is 0.938. The van der Waals surface area contributed by atoms with Crippen molar-refractivity contribution in [1.29, 1.82) is 0 Å². The molecular weight excluding hydrogens is 240 g/mol. The van der Waals surface area contributed by atoms with Gasteiger partial charge in [-0.3, -0.25) is 0 Å². The lowest BCUT2D eigenvalue weighted by atomic mass is 10.1. The zero-order valence-corrected chi connectivity index (χ0v) is 12.8. The van der Waals surface area contributed by atoms with Crippen molar-refractivity contribution < 1.29 is 14.2 Å². The Balaban J connectivity index is 2.88. The Kier molecular flexibility index (Phi) is 17.8. The number of rotatable bonds is 16. The molecule has 0 atom stereocenters. The first kappa shape index (κ1) is 18.9. The van der Waals surface area contributed by atoms with Crippen molar-refractivity contribution in [2.24, 2.45) is 0 Å². The van der Waals surface area contributed by atoms with E-state index in [1.807, 2.05) is 0 Å². The van der Waals surface area contributed by atoms with Gasteiger partial charge >= 0.3 is 0 Å². The van der Waals surface area contributed by atoms with Crippen LogP contribution in [0.25, 0.3) is 0 Å². The minimum Gasteiger partial charge on any atom is -0.379 e. The Morgan fingerprint density at radius 2 is 1.05 bits per heavy atom. The van der Waals surface area contributed by atoms with Gasteiger partial charge in [-0.2, -0.15) is 0 Å².